The zero-order chi connectivity index (χ0) is 12.8. The van der Waals surface area contributed by atoms with Crippen molar-refractivity contribution in [2.24, 2.45) is 0 Å². The van der Waals surface area contributed by atoms with Crippen LogP contribution in [0.4, 0.5) is 0 Å². The summed E-state index contributed by atoms with van der Waals surface area (Å²) in [7, 11) is 0. The van der Waals surface area contributed by atoms with Crippen LogP contribution in [0.2, 0.25) is 0 Å². The van der Waals surface area contributed by atoms with E-state index < -0.39 is 0 Å². The standard InChI is InChI=1S/C14H20BrNO2/c1-2-17-14-9-12(10-14)16-6-7-18-13-5-3-4-11(15)8-13/h3-5,8,12,14,16H,2,6-7,9-10H2,1H3. The summed E-state index contributed by atoms with van der Waals surface area (Å²) in [5, 5.41) is 3.48. The fourth-order valence-electron chi connectivity index (χ4n) is 2.09. The zero-order valence-electron chi connectivity index (χ0n) is 10.7. The fraction of sp³-hybridized carbons (Fsp3) is 0.571. The molecule has 0 spiro atoms. The van der Waals surface area contributed by atoms with Gasteiger partial charge in [-0.25, -0.2) is 0 Å². The number of nitrogens with one attached hydrogen (secondary N) is 1. The molecule has 1 aliphatic carbocycles. The van der Waals surface area contributed by atoms with Crippen LogP contribution in [-0.2, 0) is 4.74 Å². The molecule has 3 nitrogen and oxygen atoms in total. The Balaban J connectivity index is 1.55. The maximum Gasteiger partial charge on any atom is 0.120 e. The number of benzene rings is 1. The predicted octanol–water partition coefficient (Wildman–Crippen LogP) is 2.99. The predicted molar refractivity (Wildman–Crippen MR) is 76.1 cm³/mol. The van der Waals surface area contributed by atoms with E-state index in [-0.39, 0.29) is 0 Å². The van der Waals surface area contributed by atoms with Crippen molar-refractivity contribution in [1.82, 2.24) is 5.32 Å². The SMILES string of the molecule is CCOC1CC(NCCOc2cccc(Br)c2)C1. The van der Waals surface area contributed by atoms with E-state index in [9.17, 15) is 0 Å². The van der Waals surface area contributed by atoms with Crippen molar-refractivity contribution in [3.05, 3.63) is 28.7 Å². The summed E-state index contributed by atoms with van der Waals surface area (Å²) < 4.78 is 12.2. The molecule has 1 saturated carbocycles. The van der Waals surface area contributed by atoms with Crippen molar-refractivity contribution in [2.45, 2.75) is 31.9 Å². The van der Waals surface area contributed by atoms with Crippen molar-refractivity contribution < 1.29 is 9.47 Å². The first kappa shape index (κ1) is 13.8. The summed E-state index contributed by atoms with van der Waals surface area (Å²) in [6, 6.07) is 8.53. The lowest BCUT2D eigenvalue weighted by Gasteiger charge is -2.35. The van der Waals surface area contributed by atoms with Gasteiger partial charge in [0.2, 0.25) is 0 Å². The lowest BCUT2D eigenvalue weighted by molar-refractivity contribution is -0.0103. The van der Waals surface area contributed by atoms with Gasteiger partial charge in [0.25, 0.3) is 0 Å². The molecule has 0 bridgehead atoms. The number of hydrogen-bond donors (Lipinski definition) is 1. The Hall–Kier alpha value is -0.580. The Bertz CT molecular complexity index is 367. The van der Waals surface area contributed by atoms with Crippen LogP contribution in [0.1, 0.15) is 19.8 Å². The van der Waals surface area contributed by atoms with Gasteiger partial charge in [-0.15, -0.1) is 0 Å². The molecule has 2 rings (SSSR count). The second-order valence-electron chi connectivity index (χ2n) is 4.51. The second-order valence-corrected chi connectivity index (χ2v) is 5.42. The summed E-state index contributed by atoms with van der Waals surface area (Å²) >= 11 is 3.43. The van der Waals surface area contributed by atoms with Crippen LogP contribution < -0.4 is 10.1 Å². The van der Waals surface area contributed by atoms with E-state index in [1.165, 1.54) is 0 Å². The maximum atomic E-state index is 5.66. The van der Waals surface area contributed by atoms with Crippen molar-refractivity contribution in [2.75, 3.05) is 19.8 Å². The average molecular weight is 314 g/mol. The first-order valence-electron chi connectivity index (χ1n) is 6.51. The minimum absolute atomic E-state index is 0.471. The first-order valence-corrected chi connectivity index (χ1v) is 7.30. The number of rotatable bonds is 7. The molecule has 0 heterocycles. The van der Waals surface area contributed by atoms with E-state index in [1.54, 1.807) is 0 Å². The highest BCUT2D eigenvalue weighted by Crippen LogP contribution is 2.23. The van der Waals surface area contributed by atoms with Crippen LogP contribution in [0.15, 0.2) is 28.7 Å². The van der Waals surface area contributed by atoms with Gasteiger partial charge in [-0.2, -0.15) is 0 Å². The molecule has 1 aromatic carbocycles. The third-order valence-corrected chi connectivity index (χ3v) is 3.59. The summed E-state index contributed by atoms with van der Waals surface area (Å²) in [6.07, 6.45) is 2.73. The number of hydrogen-bond acceptors (Lipinski definition) is 3. The number of halogens is 1. The number of ether oxygens (including phenoxy) is 2. The molecular weight excluding hydrogens is 294 g/mol. The normalized spacial score (nSPS) is 22.6. The quantitative estimate of drug-likeness (QED) is 0.785. The molecule has 0 aromatic heterocycles. The van der Waals surface area contributed by atoms with Gasteiger partial charge in [0.05, 0.1) is 6.10 Å². The highest BCUT2D eigenvalue weighted by Gasteiger charge is 2.28. The van der Waals surface area contributed by atoms with Crippen LogP contribution in [0.5, 0.6) is 5.75 Å². The third-order valence-electron chi connectivity index (χ3n) is 3.10. The lowest BCUT2D eigenvalue weighted by Crippen LogP contribution is -2.46. The van der Waals surface area contributed by atoms with Crippen molar-refractivity contribution >= 4 is 15.9 Å². The van der Waals surface area contributed by atoms with Gasteiger partial charge in [-0.1, -0.05) is 22.0 Å². The van der Waals surface area contributed by atoms with Crippen LogP contribution in [0, 0.1) is 0 Å². The van der Waals surface area contributed by atoms with E-state index >= 15 is 0 Å². The fourth-order valence-corrected chi connectivity index (χ4v) is 2.47. The van der Waals surface area contributed by atoms with Crippen molar-refractivity contribution in [3.63, 3.8) is 0 Å². The van der Waals surface area contributed by atoms with Gasteiger partial charge in [-0.05, 0) is 38.0 Å². The van der Waals surface area contributed by atoms with Crippen LogP contribution >= 0.6 is 15.9 Å². The zero-order valence-corrected chi connectivity index (χ0v) is 12.3. The highest BCUT2D eigenvalue weighted by molar-refractivity contribution is 9.10. The molecule has 4 heteroatoms. The van der Waals surface area contributed by atoms with Crippen molar-refractivity contribution in [1.29, 1.82) is 0 Å². The molecule has 1 aromatic rings. The molecule has 100 valence electrons. The summed E-state index contributed by atoms with van der Waals surface area (Å²) in [5.41, 5.74) is 0. The van der Waals surface area contributed by atoms with Gasteiger partial charge in [0.15, 0.2) is 0 Å². The molecule has 18 heavy (non-hydrogen) atoms. The lowest BCUT2D eigenvalue weighted by atomic mass is 9.89. The minimum Gasteiger partial charge on any atom is -0.492 e. The van der Waals surface area contributed by atoms with E-state index in [2.05, 4.69) is 21.2 Å². The Labute approximate surface area is 117 Å². The summed E-state index contributed by atoms with van der Waals surface area (Å²) in [5.74, 6) is 0.909. The molecule has 1 aliphatic rings. The molecule has 1 N–H and O–H groups in total. The molecular formula is C14H20BrNO2. The first-order chi connectivity index (χ1) is 8.78. The average Bonchev–Trinajstić information content (AvgIpc) is 2.31. The molecule has 0 aliphatic heterocycles. The van der Waals surface area contributed by atoms with Gasteiger partial charge < -0.3 is 14.8 Å². The monoisotopic (exact) mass is 313 g/mol. The summed E-state index contributed by atoms with van der Waals surface area (Å²) in [4.78, 5) is 0. The Morgan fingerprint density at radius 3 is 2.94 bits per heavy atom. The van der Waals surface area contributed by atoms with Crippen molar-refractivity contribution in [3.8, 4) is 5.75 Å². The largest absolute Gasteiger partial charge is 0.492 e. The molecule has 1 fully saturated rings. The molecule has 0 radical (unpaired) electrons. The highest BCUT2D eigenvalue weighted by atomic mass is 79.9. The van der Waals surface area contributed by atoms with E-state index in [0.717, 1.165) is 36.2 Å². The Kier molecular flexibility index (Phi) is 5.47. The van der Waals surface area contributed by atoms with Crippen LogP contribution in [0.25, 0.3) is 0 Å². The third kappa shape index (κ3) is 4.26. The smallest absolute Gasteiger partial charge is 0.120 e. The van der Waals surface area contributed by atoms with Gasteiger partial charge in [-0.3, -0.25) is 0 Å². The van der Waals surface area contributed by atoms with E-state index in [1.807, 2.05) is 31.2 Å². The van der Waals surface area contributed by atoms with Crippen LogP contribution in [-0.4, -0.2) is 31.9 Å². The topological polar surface area (TPSA) is 30.5 Å². The second kappa shape index (κ2) is 7.12. The molecule has 0 amide bonds. The Morgan fingerprint density at radius 1 is 1.39 bits per heavy atom. The van der Waals surface area contributed by atoms with Crippen LogP contribution in [0.3, 0.4) is 0 Å². The van der Waals surface area contributed by atoms with Gasteiger partial charge in [0, 0.05) is 23.7 Å². The minimum atomic E-state index is 0.471. The molecule has 0 unspecified atom stereocenters. The molecule has 0 atom stereocenters. The molecule has 0 saturated heterocycles. The van der Waals surface area contributed by atoms with E-state index in [0.29, 0.717) is 18.8 Å². The van der Waals surface area contributed by atoms with E-state index in [4.69, 9.17) is 9.47 Å². The van der Waals surface area contributed by atoms with Gasteiger partial charge in [0.1, 0.15) is 12.4 Å². The maximum absolute atomic E-state index is 5.66. The van der Waals surface area contributed by atoms with Gasteiger partial charge >= 0.3 is 0 Å². The summed E-state index contributed by atoms with van der Waals surface area (Å²) in [6.45, 7) is 4.46. The Morgan fingerprint density at radius 2 is 2.22 bits per heavy atom.